The maximum absolute atomic E-state index is 3.50. The third-order valence-corrected chi connectivity index (χ3v) is 3.20. The molecular weight excluding hydrogens is 273 g/mol. The molecule has 0 aromatic heterocycles. The fourth-order valence-electron chi connectivity index (χ4n) is 0.990. The molecule has 0 aliphatic rings. The van der Waals surface area contributed by atoms with Crippen LogP contribution in [-0.2, 0) is 0 Å². The zero-order valence-corrected chi connectivity index (χ0v) is 10.5. The molecule has 0 saturated carbocycles. The van der Waals surface area contributed by atoms with Crippen molar-refractivity contribution in [3.8, 4) is 0 Å². The summed E-state index contributed by atoms with van der Waals surface area (Å²) < 4.78 is 1.28. The van der Waals surface area contributed by atoms with E-state index in [1.165, 1.54) is 9.26 Å². The Bertz CT molecular complexity index is 271. The Balaban J connectivity index is 2.69. The van der Waals surface area contributed by atoms with Gasteiger partial charge in [0.1, 0.15) is 0 Å². The van der Waals surface area contributed by atoms with Crippen LogP contribution in [0, 0.1) is 9.49 Å². The van der Waals surface area contributed by atoms with Crippen LogP contribution in [0.4, 0.5) is 5.69 Å². The van der Waals surface area contributed by atoms with Gasteiger partial charge in [0.15, 0.2) is 0 Å². The average molecular weight is 289 g/mol. The molecule has 1 nitrogen and oxygen atoms in total. The van der Waals surface area contributed by atoms with Crippen LogP contribution < -0.4 is 5.32 Å². The number of hydrogen-bond donors (Lipinski definition) is 1. The molecule has 1 atom stereocenters. The highest BCUT2D eigenvalue weighted by molar-refractivity contribution is 14.1. The molecule has 0 radical (unpaired) electrons. The highest BCUT2D eigenvalue weighted by Gasteiger charge is 2.07. The lowest BCUT2D eigenvalue weighted by Crippen LogP contribution is -2.21. The first-order valence-corrected chi connectivity index (χ1v) is 5.70. The largest absolute Gasteiger partial charge is 0.381 e. The van der Waals surface area contributed by atoms with Crippen molar-refractivity contribution in [2.45, 2.75) is 26.8 Å². The highest BCUT2D eigenvalue weighted by atomic mass is 127. The Morgan fingerprint density at radius 1 is 1.15 bits per heavy atom. The lowest BCUT2D eigenvalue weighted by Gasteiger charge is -2.19. The van der Waals surface area contributed by atoms with Crippen molar-refractivity contribution in [1.29, 1.82) is 0 Å². The van der Waals surface area contributed by atoms with Crippen LogP contribution in [0.3, 0.4) is 0 Å². The summed E-state index contributed by atoms with van der Waals surface area (Å²) in [7, 11) is 0. The summed E-state index contributed by atoms with van der Waals surface area (Å²) in [5.41, 5.74) is 1.24. The predicted molar refractivity (Wildman–Crippen MR) is 67.1 cm³/mol. The third kappa shape index (κ3) is 3.18. The zero-order valence-electron chi connectivity index (χ0n) is 8.34. The number of nitrogens with one attached hydrogen (secondary N) is 1. The lowest BCUT2D eigenvalue weighted by molar-refractivity contribution is 0.560. The van der Waals surface area contributed by atoms with Gasteiger partial charge in [0, 0.05) is 15.3 Å². The van der Waals surface area contributed by atoms with Gasteiger partial charge in [0.2, 0.25) is 0 Å². The smallest absolute Gasteiger partial charge is 0.0478 e. The topological polar surface area (TPSA) is 12.0 Å². The fraction of sp³-hybridized carbons (Fsp3) is 0.455. The summed E-state index contributed by atoms with van der Waals surface area (Å²) in [5, 5.41) is 3.50. The van der Waals surface area contributed by atoms with Gasteiger partial charge in [0.05, 0.1) is 0 Å². The summed E-state index contributed by atoms with van der Waals surface area (Å²) in [6.07, 6.45) is 0. The van der Waals surface area contributed by atoms with Gasteiger partial charge in [-0.1, -0.05) is 26.0 Å². The molecule has 0 aliphatic heterocycles. The maximum Gasteiger partial charge on any atom is 0.0478 e. The standard InChI is InChI=1S/C11H16IN/c1-8(2)9(3)13-11-7-5-4-6-10(11)12/h4-9,13H,1-3H3. The SMILES string of the molecule is CC(C)C(C)Nc1ccccc1I. The van der Waals surface area contributed by atoms with Crippen molar-refractivity contribution in [1.82, 2.24) is 0 Å². The Kier molecular flexibility index (Phi) is 4.03. The second-order valence-electron chi connectivity index (χ2n) is 3.66. The molecule has 1 aromatic carbocycles. The van der Waals surface area contributed by atoms with Gasteiger partial charge in [0.25, 0.3) is 0 Å². The van der Waals surface area contributed by atoms with Crippen LogP contribution in [0.1, 0.15) is 20.8 Å². The molecule has 1 aromatic rings. The van der Waals surface area contributed by atoms with E-state index in [4.69, 9.17) is 0 Å². The van der Waals surface area contributed by atoms with Crippen LogP contribution in [0.2, 0.25) is 0 Å². The Morgan fingerprint density at radius 3 is 2.31 bits per heavy atom. The van der Waals surface area contributed by atoms with Gasteiger partial charge in [-0.3, -0.25) is 0 Å². The summed E-state index contributed by atoms with van der Waals surface area (Å²) in [6.45, 7) is 6.68. The molecule has 0 saturated heterocycles. The number of halogens is 1. The molecule has 0 bridgehead atoms. The number of anilines is 1. The maximum atomic E-state index is 3.50. The molecule has 0 spiro atoms. The van der Waals surface area contributed by atoms with Gasteiger partial charge in [-0.15, -0.1) is 0 Å². The Morgan fingerprint density at radius 2 is 1.77 bits per heavy atom. The van der Waals surface area contributed by atoms with Gasteiger partial charge in [-0.2, -0.15) is 0 Å². The van der Waals surface area contributed by atoms with E-state index in [9.17, 15) is 0 Å². The van der Waals surface area contributed by atoms with E-state index in [-0.39, 0.29) is 0 Å². The third-order valence-electron chi connectivity index (χ3n) is 2.26. The number of hydrogen-bond acceptors (Lipinski definition) is 1. The molecule has 0 heterocycles. The molecule has 1 N–H and O–H groups in total. The van der Waals surface area contributed by atoms with E-state index in [0.717, 1.165) is 0 Å². The lowest BCUT2D eigenvalue weighted by atomic mass is 10.1. The Labute approximate surface area is 94.1 Å². The van der Waals surface area contributed by atoms with Gasteiger partial charge in [-0.25, -0.2) is 0 Å². The van der Waals surface area contributed by atoms with E-state index in [1.54, 1.807) is 0 Å². The first kappa shape index (κ1) is 10.8. The van der Waals surface area contributed by atoms with Crippen molar-refractivity contribution in [3.63, 3.8) is 0 Å². The van der Waals surface area contributed by atoms with E-state index in [2.05, 4.69) is 72.9 Å². The number of para-hydroxylation sites is 1. The van der Waals surface area contributed by atoms with E-state index < -0.39 is 0 Å². The van der Waals surface area contributed by atoms with Crippen molar-refractivity contribution < 1.29 is 0 Å². The first-order chi connectivity index (χ1) is 6.11. The second-order valence-corrected chi connectivity index (χ2v) is 4.82. The molecule has 13 heavy (non-hydrogen) atoms. The molecule has 1 unspecified atom stereocenters. The normalized spacial score (nSPS) is 13.0. The second kappa shape index (κ2) is 4.84. The quantitative estimate of drug-likeness (QED) is 0.836. The van der Waals surface area contributed by atoms with Gasteiger partial charge >= 0.3 is 0 Å². The highest BCUT2D eigenvalue weighted by Crippen LogP contribution is 2.19. The molecule has 0 aliphatic carbocycles. The molecule has 1 rings (SSSR count). The van der Waals surface area contributed by atoms with Crippen LogP contribution in [-0.4, -0.2) is 6.04 Å². The monoisotopic (exact) mass is 289 g/mol. The van der Waals surface area contributed by atoms with Crippen LogP contribution in [0.15, 0.2) is 24.3 Å². The Hall–Kier alpha value is -0.250. The first-order valence-electron chi connectivity index (χ1n) is 4.62. The minimum Gasteiger partial charge on any atom is -0.381 e. The minimum atomic E-state index is 0.524. The van der Waals surface area contributed by atoms with Crippen molar-refractivity contribution >= 4 is 28.3 Å². The van der Waals surface area contributed by atoms with E-state index in [1.807, 2.05) is 0 Å². The average Bonchev–Trinajstić information content (AvgIpc) is 2.08. The van der Waals surface area contributed by atoms with Crippen LogP contribution in [0.5, 0.6) is 0 Å². The van der Waals surface area contributed by atoms with Crippen molar-refractivity contribution in [3.05, 3.63) is 27.8 Å². The zero-order chi connectivity index (χ0) is 9.84. The number of rotatable bonds is 3. The molecular formula is C11H16IN. The molecule has 0 fully saturated rings. The summed E-state index contributed by atoms with van der Waals surface area (Å²) in [6, 6.07) is 8.90. The summed E-state index contributed by atoms with van der Waals surface area (Å²) >= 11 is 2.35. The fourth-order valence-corrected chi connectivity index (χ4v) is 1.53. The van der Waals surface area contributed by atoms with Crippen molar-refractivity contribution in [2.24, 2.45) is 5.92 Å². The molecule has 72 valence electrons. The molecule has 0 amide bonds. The minimum absolute atomic E-state index is 0.524. The summed E-state index contributed by atoms with van der Waals surface area (Å²) in [5.74, 6) is 0.663. The summed E-state index contributed by atoms with van der Waals surface area (Å²) in [4.78, 5) is 0. The number of benzene rings is 1. The van der Waals surface area contributed by atoms with E-state index >= 15 is 0 Å². The van der Waals surface area contributed by atoms with Crippen LogP contribution in [0.25, 0.3) is 0 Å². The van der Waals surface area contributed by atoms with Gasteiger partial charge < -0.3 is 5.32 Å². The van der Waals surface area contributed by atoms with Crippen molar-refractivity contribution in [2.75, 3.05) is 5.32 Å². The van der Waals surface area contributed by atoms with E-state index in [0.29, 0.717) is 12.0 Å². The van der Waals surface area contributed by atoms with Gasteiger partial charge in [-0.05, 0) is 47.6 Å². The molecule has 2 heteroatoms. The predicted octanol–water partition coefficient (Wildman–Crippen LogP) is 3.75. The van der Waals surface area contributed by atoms with Crippen LogP contribution >= 0.6 is 22.6 Å².